The van der Waals surface area contributed by atoms with Crippen LogP contribution in [0.2, 0.25) is 0 Å². The Morgan fingerprint density at radius 1 is 1.65 bits per heavy atom. The van der Waals surface area contributed by atoms with Gasteiger partial charge in [0.1, 0.15) is 0 Å². The number of carbonyl (C=O) groups excluding carboxylic acids is 1. The zero-order chi connectivity index (χ0) is 12.9. The summed E-state index contributed by atoms with van der Waals surface area (Å²) in [5.74, 6) is -0.167. The normalized spacial score (nSPS) is 30.9. The van der Waals surface area contributed by atoms with Crippen LogP contribution in [0.15, 0.2) is 0 Å². The summed E-state index contributed by atoms with van der Waals surface area (Å²) in [5, 5.41) is 0. The molecule has 0 aromatic rings. The van der Waals surface area contributed by atoms with Crippen LogP contribution in [0.5, 0.6) is 0 Å². The summed E-state index contributed by atoms with van der Waals surface area (Å²) in [4.78, 5) is 11.5. The lowest BCUT2D eigenvalue weighted by Crippen LogP contribution is -2.47. The summed E-state index contributed by atoms with van der Waals surface area (Å²) in [7, 11) is 1.43. The molecule has 2 N–H and O–H groups in total. The molecule has 0 bridgehead atoms. The summed E-state index contributed by atoms with van der Waals surface area (Å²) in [6.07, 6.45) is 4.50. The zero-order valence-corrected chi connectivity index (χ0v) is 11.2. The Labute approximate surface area is 104 Å². The van der Waals surface area contributed by atoms with Crippen molar-refractivity contribution in [2.24, 2.45) is 11.1 Å². The van der Waals surface area contributed by atoms with Crippen LogP contribution in [0.4, 0.5) is 0 Å². The van der Waals surface area contributed by atoms with Crippen LogP contribution in [0.1, 0.15) is 46.0 Å². The van der Waals surface area contributed by atoms with Crippen molar-refractivity contribution in [1.82, 2.24) is 0 Å². The van der Waals surface area contributed by atoms with Gasteiger partial charge in [-0.1, -0.05) is 13.3 Å². The lowest BCUT2D eigenvalue weighted by molar-refractivity contribution is -0.147. The summed E-state index contributed by atoms with van der Waals surface area (Å²) in [5.41, 5.74) is 5.95. The number of methoxy groups -OCH3 is 1. The van der Waals surface area contributed by atoms with E-state index in [1.807, 2.05) is 6.92 Å². The highest BCUT2D eigenvalue weighted by Gasteiger charge is 2.41. The minimum absolute atomic E-state index is 0.00939. The van der Waals surface area contributed by atoms with Gasteiger partial charge in [0.05, 0.1) is 19.6 Å². The third-order valence-corrected chi connectivity index (χ3v) is 3.89. The second-order valence-corrected chi connectivity index (χ2v) is 5.14. The van der Waals surface area contributed by atoms with Crippen LogP contribution in [-0.2, 0) is 14.3 Å². The Hall–Kier alpha value is -0.610. The van der Waals surface area contributed by atoms with Crippen LogP contribution < -0.4 is 5.73 Å². The van der Waals surface area contributed by atoms with Gasteiger partial charge in [0.2, 0.25) is 0 Å². The molecule has 4 heteroatoms. The number of ether oxygens (including phenoxy) is 2. The number of carbonyl (C=O) groups is 1. The molecule has 3 unspecified atom stereocenters. The van der Waals surface area contributed by atoms with E-state index in [0.29, 0.717) is 13.0 Å². The largest absolute Gasteiger partial charge is 0.469 e. The van der Waals surface area contributed by atoms with Gasteiger partial charge in [-0.15, -0.1) is 0 Å². The molecule has 1 heterocycles. The van der Waals surface area contributed by atoms with Crippen molar-refractivity contribution in [3.05, 3.63) is 0 Å². The Kier molecular flexibility index (Phi) is 5.40. The molecule has 1 rings (SSSR count). The van der Waals surface area contributed by atoms with Crippen molar-refractivity contribution in [3.63, 3.8) is 0 Å². The van der Waals surface area contributed by atoms with Gasteiger partial charge in [0, 0.05) is 18.1 Å². The minimum atomic E-state index is -0.167. The van der Waals surface area contributed by atoms with E-state index in [4.69, 9.17) is 15.2 Å². The van der Waals surface area contributed by atoms with Gasteiger partial charge in [-0.3, -0.25) is 4.79 Å². The highest BCUT2D eigenvalue weighted by molar-refractivity contribution is 5.70. The van der Waals surface area contributed by atoms with Gasteiger partial charge < -0.3 is 15.2 Å². The first-order valence-electron chi connectivity index (χ1n) is 6.48. The van der Waals surface area contributed by atoms with Crippen LogP contribution in [0.25, 0.3) is 0 Å². The maximum Gasteiger partial charge on any atom is 0.306 e. The molecular weight excluding hydrogens is 218 g/mol. The van der Waals surface area contributed by atoms with Gasteiger partial charge in [-0.05, 0) is 26.2 Å². The first-order valence-corrected chi connectivity index (χ1v) is 6.48. The van der Waals surface area contributed by atoms with Crippen LogP contribution >= 0.6 is 0 Å². The highest BCUT2D eigenvalue weighted by Crippen LogP contribution is 2.40. The molecule has 1 aliphatic heterocycles. The monoisotopic (exact) mass is 243 g/mol. The fourth-order valence-electron chi connectivity index (χ4n) is 2.65. The van der Waals surface area contributed by atoms with Crippen molar-refractivity contribution in [1.29, 1.82) is 0 Å². The lowest BCUT2D eigenvalue weighted by Gasteiger charge is -2.43. The molecule has 1 aliphatic rings. The molecule has 100 valence electrons. The third kappa shape index (κ3) is 3.68. The lowest BCUT2D eigenvalue weighted by atomic mass is 9.70. The van der Waals surface area contributed by atoms with E-state index in [1.165, 1.54) is 7.11 Å². The third-order valence-electron chi connectivity index (χ3n) is 3.89. The highest BCUT2D eigenvalue weighted by atomic mass is 16.5. The molecule has 1 fully saturated rings. The Balaban J connectivity index is 2.72. The summed E-state index contributed by atoms with van der Waals surface area (Å²) in [6, 6.07) is -0.00939. The Morgan fingerprint density at radius 3 is 2.88 bits per heavy atom. The first-order chi connectivity index (χ1) is 8.04. The maximum atomic E-state index is 11.5. The average Bonchev–Trinajstić information content (AvgIpc) is 2.29. The van der Waals surface area contributed by atoms with E-state index in [-0.39, 0.29) is 23.5 Å². The van der Waals surface area contributed by atoms with Crippen molar-refractivity contribution in [2.45, 2.75) is 58.1 Å². The number of hydrogen-bond acceptors (Lipinski definition) is 4. The predicted molar refractivity (Wildman–Crippen MR) is 66.6 cm³/mol. The van der Waals surface area contributed by atoms with Gasteiger partial charge in [0.25, 0.3) is 0 Å². The molecular formula is C13H25NO3. The van der Waals surface area contributed by atoms with Crippen molar-refractivity contribution in [2.75, 3.05) is 13.7 Å². The van der Waals surface area contributed by atoms with Crippen LogP contribution in [0, 0.1) is 5.41 Å². The van der Waals surface area contributed by atoms with E-state index in [1.54, 1.807) is 0 Å². The average molecular weight is 243 g/mol. The molecule has 1 saturated heterocycles. The summed E-state index contributed by atoms with van der Waals surface area (Å²) < 4.78 is 10.5. The number of rotatable bonds is 5. The zero-order valence-electron chi connectivity index (χ0n) is 11.2. The molecule has 17 heavy (non-hydrogen) atoms. The van der Waals surface area contributed by atoms with Crippen molar-refractivity contribution in [3.8, 4) is 0 Å². The van der Waals surface area contributed by atoms with Gasteiger partial charge in [-0.2, -0.15) is 0 Å². The first kappa shape index (κ1) is 14.5. The van der Waals surface area contributed by atoms with Crippen LogP contribution in [0.3, 0.4) is 0 Å². The number of hydrogen-bond donors (Lipinski definition) is 1. The van der Waals surface area contributed by atoms with Gasteiger partial charge in [0.15, 0.2) is 0 Å². The fourth-order valence-corrected chi connectivity index (χ4v) is 2.65. The minimum Gasteiger partial charge on any atom is -0.469 e. The molecule has 0 aromatic heterocycles. The van der Waals surface area contributed by atoms with E-state index in [9.17, 15) is 4.79 Å². The van der Waals surface area contributed by atoms with E-state index in [2.05, 4.69) is 6.92 Å². The molecule has 0 radical (unpaired) electrons. The molecule has 3 atom stereocenters. The van der Waals surface area contributed by atoms with E-state index in [0.717, 1.165) is 25.7 Å². The van der Waals surface area contributed by atoms with E-state index >= 15 is 0 Å². The molecule has 0 spiro atoms. The smallest absolute Gasteiger partial charge is 0.306 e. The predicted octanol–water partition coefficient (Wildman–Crippen LogP) is 1.86. The summed E-state index contributed by atoms with van der Waals surface area (Å²) >= 11 is 0. The van der Waals surface area contributed by atoms with Crippen molar-refractivity contribution < 1.29 is 14.3 Å². The number of nitrogens with two attached hydrogens (primary N) is 1. The van der Waals surface area contributed by atoms with E-state index < -0.39 is 0 Å². The fraction of sp³-hybridized carbons (Fsp3) is 0.923. The molecule has 4 nitrogen and oxygen atoms in total. The number of esters is 1. The Bertz CT molecular complexity index is 253. The topological polar surface area (TPSA) is 61.5 Å². The molecule has 0 saturated carbocycles. The summed E-state index contributed by atoms with van der Waals surface area (Å²) in [6.45, 7) is 4.83. The van der Waals surface area contributed by atoms with Gasteiger partial charge >= 0.3 is 5.97 Å². The quantitative estimate of drug-likeness (QED) is 0.749. The maximum absolute atomic E-state index is 11.5. The standard InChI is InChI=1S/C13H25NO3/c1-4-5-11-8-13(10(2)14,6-7-17-11)9-12(15)16-3/h10-11H,4-9,14H2,1-3H3. The molecule has 0 aliphatic carbocycles. The molecule has 0 aromatic carbocycles. The second-order valence-electron chi connectivity index (χ2n) is 5.14. The Morgan fingerprint density at radius 2 is 2.35 bits per heavy atom. The van der Waals surface area contributed by atoms with Crippen molar-refractivity contribution >= 4 is 5.97 Å². The van der Waals surface area contributed by atoms with Crippen LogP contribution in [-0.4, -0.2) is 31.8 Å². The molecule has 0 amide bonds. The SMILES string of the molecule is CCCC1CC(CC(=O)OC)(C(C)N)CCO1. The van der Waals surface area contributed by atoms with Gasteiger partial charge in [-0.25, -0.2) is 0 Å². The second kappa shape index (κ2) is 6.36.